The molecule has 0 fully saturated rings. The summed E-state index contributed by atoms with van der Waals surface area (Å²) in [6.07, 6.45) is 1.34. The number of carbonyl (C=O) groups excluding carboxylic acids is 1. The van der Waals surface area contributed by atoms with Crippen molar-refractivity contribution in [2.24, 2.45) is 5.73 Å². The quantitative estimate of drug-likeness (QED) is 0.672. The van der Waals surface area contributed by atoms with E-state index >= 15 is 0 Å². The molecule has 0 heterocycles. The van der Waals surface area contributed by atoms with E-state index in [0.717, 1.165) is 17.6 Å². The van der Waals surface area contributed by atoms with Crippen molar-refractivity contribution < 1.29 is 9.90 Å². The molecule has 0 aliphatic rings. The molecular formula is C14H20N2O2. The van der Waals surface area contributed by atoms with Crippen molar-refractivity contribution in [2.45, 2.75) is 32.4 Å². The molecule has 0 saturated carbocycles. The Bertz CT molecular complexity index is 412. The standard InChI is InChI=1S/C14H20N2O2/c1-10(2)3-8-13(15)14(18)16-12-6-4-11(9-17)5-7-12/h4-7,13,17H,1,3,8-9,15H2,2H3,(H,16,18)/t13-/m0/s1. The van der Waals surface area contributed by atoms with Crippen molar-refractivity contribution in [1.82, 2.24) is 0 Å². The number of nitrogens with two attached hydrogens (primary N) is 1. The van der Waals surface area contributed by atoms with Crippen LogP contribution in [0.4, 0.5) is 5.69 Å². The average Bonchev–Trinajstić information content (AvgIpc) is 2.36. The number of carbonyl (C=O) groups is 1. The average molecular weight is 248 g/mol. The SMILES string of the molecule is C=C(C)CC[C@H](N)C(=O)Nc1ccc(CO)cc1. The fourth-order valence-corrected chi connectivity index (χ4v) is 1.46. The zero-order chi connectivity index (χ0) is 13.5. The largest absolute Gasteiger partial charge is 0.392 e. The third kappa shape index (κ3) is 4.69. The fraction of sp³-hybridized carbons (Fsp3) is 0.357. The van der Waals surface area contributed by atoms with Crippen molar-refractivity contribution in [2.75, 3.05) is 5.32 Å². The van der Waals surface area contributed by atoms with Crippen LogP contribution in [0.3, 0.4) is 0 Å². The van der Waals surface area contributed by atoms with Crippen molar-refractivity contribution in [3.63, 3.8) is 0 Å². The molecule has 0 bridgehead atoms. The summed E-state index contributed by atoms with van der Waals surface area (Å²) in [6, 6.07) is 6.48. The van der Waals surface area contributed by atoms with E-state index in [9.17, 15) is 4.79 Å². The van der Waals surface area contributed by atoms with Gasteiger partial charge in [-0.25, -0.2) is 0 Å². The Balaban J connectivity index is 2.49. The first-order valence-corrected chi connectivity index (χ1v) is 5.93. The van der Waals surface area contributed by atoms with E-state index in [1.54, 1.807) is 24.3 Å². The van der Waals surface area contributed by atoms with Crippen LogP contribution in [-0.4, -0.2) is 17.1 Å². The van der Waals surface area contributed by atoms with Crippen molar-refractivity contribution >= 4 is 11.6 Å². The second-order valence-corrected chi connectivity index (χ2v) is 4.45. The minimum Gasteiger partial charge on any atom is -0.392 e. The normalized spacial score (nSPS) is 11.9. The molecule has 0 aromatic heterocycles. The van der Waals surface area contributed by atoms with Crippen molar-refractivity contribution in [1.29, 1.82) is 0 Å². The zero-order valence-electron chi connectivity index (χ0n) is 10.6. The van der Waals surface area contributed by atoms with E-state index in [2.05, 4.69) is 11.9 Å². The van der Waals surface area contributed by atoms with Gasteiger partial charge in [0, 0.05) is 5.69 Å². The Hall–Kier alpha value is -1.65. The number of anilines is 1. The molecule has 0 saturated heterocycles. The predicted octanol–water partition coefficient (Wildman–Crippen LogP) is 1.80. The van der Waals surface area contributed by atoms with Gasteiger partial charge in [0.15, 0.2) is 0 Å². The smallest absolute Gasteiger partial charge is 0.241 e. The lowest BCUT2D eigenvalue weighted by Gasteiger charge is -2.12. The van der Waals surface area contributed by atoms with Crippen LogP contribution >= 0.6 is 0 Å². The lowest BCUT2D eigenvalue weighted by Crippen LogP contribution is -2.35. The van der Waals surface area contributed by atoms with E-state index in [1.165, 1.54) is 0 Å². The fourth-order valence-electron chi connectivity index (χ4n) is 1.46. The van der Waals surface area contributed by atoms with Gasteiger partial charge in [0.25, 0.3) is 0 Å². The number of aliphatic hydroxyl groups is 1. The summed E-state index contributed by atoms with van der Waals surface area (Å²) in [4.78, 5) is 11.8. The molecule has 1 aromatic carbocycles. The van der Waals surface area contributed by atoms with Gasteiger partial charge in [-0.05, 0) is 37.5 Å². The third-order valence-electron chi connectivity index (χ3n) is 2.62. The molecule has 0 aliphatic carbocycles. The maximum Gasteiger partial charge on any atom is 0.241 e. The molecule has 1 amide bonds. The van der Waals surface area contributed by atoms with Crippen molar-refractivity contribution in [3.8, 4) is 0 Å². The third-order valence-corrected chi connectivity index (χ3v) is 2.62. The number of rotatable bonds is 6. The summed E-state index contributed by atoms with van der Waals surface area (Å²) in [7, 11) is 0. The first-order chi connectivity index (χ1) is 8.52. The number of amides is 1. The molecule has 1 rings (SSSR count). The van der Waals surface area contributed by atoms with Crippen molar-refractivity contribution in [3.05, 3.63) is 42.0 Å². The summed E-state index contributed by atoms with van der Waals surface area (Å²) in [5.74, 6) is -0.201. The molecule has 1 atom stereocenters. The number of nitrogens with one attached hydrogen (secondary N) is 1. The second kappa shape index (κ2) is 6.93. The van der Waals surface area contributed by atoms with E-state index in [1.807, 2.05) is 6.92 Å². The van der Waals surface area contributed by atoms with E-state index in [0.29, 0.717) is 12.1 Å². The molecule has 0 spiro atoms. The van der Waals surface area contributed by atoms with E-state index in [-0.39, 0.29) is 12.5 Å². The van der Waals surface area contributed by atoms with Crippen LogP contribution in [0.5, 0.6) is 0 Å². The van der Waals surface area contributed by atoms with Gasteiger partial charge in [-0.1, -0.05) is 17.7 Å². The molecule has 4 nitrogen and oxygen atoms in total. The Morgan fingerprint density at radius 3 is 2.56 bits per heavy atom. The molecular weight excluding hydrogens is 228 g/mol. The topological polar surface area (TPSA) is 75.4 Å². The lowest BCUT2D eigenvalue weighted by atomic mass is 10.1. The first-order valence-electron chi connectivity index (χ1n) is 5.93. The number of allylic oxidation sites excluding steroid dienone is 1. The number of hydrogen-bond donors (Lipinski definition) is 3. The first kappa shape index (κ1) is 14.4. The molecule has 18 heavy (non-hydrogen) atoms. The Labute approximate surface area is 108 Å². The second-order valence-electron chi connectivity index (χ2n) is 4.45. The number of aliphatic hydroxyl groups excluding tert-OH is 1. The van der Waals surface area contributed by atoms with Crippen LogP contribution in [0.15, 0.2) is 36.4 Å². The van der Waals surface area contributed by atoms with E-state index < -0.39 is 6.04 Å². The highest BCUT2D eigenvalue weighted by molar-refractivity contribution is 5.94. The zero-order valence-corrected chi connectivity index (χ0v) is 10.6. The molecule has 4 N–H and O–H groups in total. The van der Waals surface area contributed by atoms with Gasteiger partial charge in [-0.15, -0.1) is 6.58 Å². The highest BCUT2D eigenvalue weighted by Gasteiger charge is 2.13. The molecule has 0 unspecified atom stereocenters. The van der Waals surface area contributed by atoms with Crippen LogP contribution in [0.2, 0.25) is 0 Å². The predicted molar refractivity (Wildman–Crippen MR) is 73.0 cm³/mol. The highest BCUT2D eigenvalue weighted by atomic mass is 16.3. The van der Waals surface area contributed by atoms with Gasteiger partial charge >= 0.3 is 0 Å². The summed E-state index contributed by atoms with van der Waals surface area (Å²) in [6.45, 7) is 5.69. The summed E-state index contributed by atoms with van der Waals surface area (Å²) >= 11 is 0. The maximum atomic E-state index is 11.8. The summed E-state index contributed by atoms with van der Waals surface area (Å²) < 4.78 is 0. The number of benzene rings is 1. The summed E-state index contributed by atoms with van der Waals surface area (Å²) in [5, 5.41) is 11.6. The highest BCUT2D eigenvalue weighted by Crippen LogP contribution is 2.11. The van der Waals surface area contributed by atoms with Gasteiger partial charge in [-0.3, -0.25) is 4.79 Å². The minimum atomic E-state index is -0.529. The molecule has 1 aromatic rings. The van der Waals surface area contributed by atoms with Crippen LogP contribution in [0, 0.1) is 0 Å². The Morgan fingerprint density at radius 1 is 1.44 bits per heavy atom. The van der Waals surface area contributed by atoms with Crippen LogP contribution in [0.25, 0.3) is 0 Å². The molecule has 0 radical (unpaired) electrons. The van der Waals surface area contributed by atoms with Gasteiger partial charge in [-0.2, -0.15) is 0 Å². The molecule has 4 heteroatoms. The Morgan fingerprint density at radius 2 is 2.06 bits per heavy atom. The number of hydrogen-bond acceptors (Lipinski definition) is 3. The lowest BCUT2D eigenvalue weighted by molar-refractivity contribution is -0.117. The van der Waals surface area contributed by atoms with Crippen LogP contribution < -0.4 is 11.1 Å². The van der Waals surface area contributed by atoms with Gasteiger partial charge < -0.3 is 16.2 Å². The van der Waals surface area contributed by atoms with Gasteiger partial charge in [0.05, 0.1) is 12.6 Å². The van der Waals surface area contributed by atoms with Crippen LogP contribution in [-0.2, 0) is 11.4 Å². The molecule has 0 aliphatic heterocycles. The maximum absolute atomic E-state index is 11.8. The monoisotopic (exact) mass is 248 g/mol. The van der Waals surface area contributed by atoms with Gasteiger partial charge in [0.2, 0.25) is 5.91 Å². The van der Waals surface area contributed by atoms with E-state index in [4.69, 9.17) is 10.8 Å². The minimum absolute atomic E-state index is 0.00759. The Kier molecular flexibility index (Phi) is 5.55. The molecule has 98 valence electrons. The van der Waals surface area contributed by atoms with Crippen LogP contribution in [0.1, 0.15) is 25.3 Å². The van der Waals surface area contributed by atoms with Gasteiger partial charge in [0.1, 0.15) is 0 Å². The summed E-state index contributed by atoms with van der Waals surface area (Å²) in [5.41, 5.74) is 8.28.